The van der Waals surface area contributed by atoms with Gasteiger partial charge in [-0.25, -0.2) is 0 Å². The largest absolute Gasteiger partial charge is 0.396 e. The smallest absolute Gasteiger partial charge is 0.0719 e. The van der Waals surface area contributed by atoms with Crippen LogP contribution in [0.4, 0.5) is 5.69 Å². The molecule has 4 nitrogen and oxygen atoms in total. The zero-order chi connectivity index (χ0) is 13.0. The van der Waals surface area contributed by atoms with E-state index in [-0.39, 0.29) is 0 Å². The summed E-state index contributed by atoms with van der Waals surface area (Å²) in [6.45, 7) is 2.71. The molecule has 2 N–H and O–H groups in total. The number of anilines is 1. The maximum absolute atomic E-state index is 5.62. The van der Waals surface area contributed by atoms with E-state index in [1.54, 1.807) is 6.20 Å². The molecule has 0 aliphatic carbocycles. The summed E-state index contributed by atoms with van der Waals surface area (Å²) in [5.74, 6) is 0. The van der Waals surface area contributed by atoms with Crippen molar-refractivity contribution in [2.24, 2.45) is 0 Å². The first-order valence-corrected chi connectivity index (χ1v) is 6.64. The van der Waals surface area contributed by atoms with Gasteiger partial charge in [-0.2, -0.15) is 5.10 Å². The summed E-state index contributed by atoms with van der Waals surface area (Å²) in [4.78, 5) is 2.26. The summed E-state index contributed by atoms with van der Waals surface area (Å²) in [5.41, 5.74) is 7.63. The van der Waals surface area contributed by atoms with E-state index >= 15 is 0 Å². The van der Waals surface area contributed by atoms with E-state index < -0.39 is 0 Å². The highest BCUT2D eigenvalue weighted by atomic mass is 79.9. The van der Waals surface area contributed by atoms with Crippen LogP contribution >= 0.6 is 15.9 Å². The van der Waals surface area contributed by atoms with Crippen molar-refractivity contribution in [2.75, 3.05) is 19.3 Å². The fraction of sp³-hybridized carbons (Fsp3) is 0.308. The van der Waals surface area contributed by atoms with Gasteiger partial charge < -0.3 is 10.6 Å². The van der Waals surface area contributed by atoms with Gasteiger partial charge in [-0.05, 0) is 24.7 Å². The van der Waals surface area contributed by atoms with Crippen LogP contribution in [0.1, 0.15) is 5.56 Å². The first kappa shape index (κ1) is 13.1. The number of hydrogen-bond acceptors (Lipinski definition) is 3. The molecule has 1 aromatic carbocycles. The Kier molecular flexibility index (Phi) is 4.38. The third-order valence-corrected chi connectivity index (χ3v) is 3.20. The summed E-state index contributed by atoms with van der Waals surface area (Å²) in [6, 6.07) is 8.37. The number of benzene rings is 1. The molecule has 0 saturated heterocycles. The normalized spacial score (nSPS) is 11.1. The predicted molar refractivity (Wildman–Crippen MR) is 77.1 cm³/mol. The molecule has 2 aromatic rings. The van der Waals surface area contributed by atoms with Gasteiger partial charge in [0, 0.05) is 23.8 Å². The minimum atomic E-state index is 0.713. The number of nitrogens with zero attached hydrogens (tertiary/aromatic N) is 3. The van der Waals surface area contributed by atoms with Crippen LogP contribution in [0.2, 0.25) is 0 Å². The average Bonchev–Trinajstić information content (AvgIpc) is 2.73. The molecule has 1 aromatic heterocycles. The molecule has 0 radical (unpaired) electrons. The SMILES string of the molecule is CN(CCn1cc(N)cn1)Cc1cccc(Br)c1. The second kappa shape index (κ2) is 6.02. The molecular formula is C13H17BrN4. The lowest BCUT2D eigenvalue weighted by molar-refractivity contribution is 0.305. The molecule has 0 fully saturated rings. The monoisotopic (exact) mass is 308 g/mol. The third kappa shape index (κ3) is 3.85. The molecule has 0 spiro atoms. The van der Waals surface area contributed by atoms with E-state index in [4.69, 9.17) is 5.73 Å². The van der Waals surface area contributed by atoms with Crippen molar-refractivity contribution in [1.29, 1.82) is 0 Å². The Bertz CT molecular complexity index is 509. The van der Waals surface area contributed by atoms with E-state index in [2.05, 4.69) is 51.2 Å². The molecule has 5 heteroatoms. The summed E-state index contributed by atoms with van der Waals surface area (Å²) >= 11 is 3.48. The second-order valence-corrected chi connectivity index (χ2v) is 5.32. The lowest BCUT2D eigenvalue weighted by Gasteiger charge is -2.16. The third-order valence-electron chi connectivity index (χ3n) is 2.71. The molecule has 0 saturated carbocycles. The number of likely N-dealkylation sites (N-methyl/N-ethyl adjacent to an activating group) is 1. The molecule has 2 rings (SSSR count). The van der Waals surface area contributed by atoms with Gasteiger partial charge in [0.15, 0.2) is 0 Å². The Hall–Kier alpha value is -1.33. The van der Waals surface area contributed by atoms with Crippen molar-refractivity contribution in [3.8, 4) is 0 Å². The number of rotatable bonds is 5. The molecule has 0 amide bonds. The molecule has 0 aliphatic heterocycles. The van der Waals surface area contributed by atoms with Gasteiger partial charge in [0.2, 0.25) is 0 Å². The minimum absolute atomic E-state index is 0.713. The Morgan fingerprint density at radius 2 is 2.28 bits per heavy atom. The highest BCUT2D eigenvalue weighted by Gasteiger charge is 2.02. The van der Waals surface area contributed by atoms with Crippen molar-refractivity contribution in [1.82, 2.24) is 14.7 Å². The Morgan fingerprint density at radius 3 is 2.94 bits per heavy atom. The number of nitrogen functional groups attached to an aromatic ring is 1. The lowest BCUT2D eigenvalue weighted by Crippen LogP contribution is -2.23. The quantitative estimate of drug-likeness (QED) is 0.922. The van der Waals surface area contributed by atoms with Crippen molar-refractivity contribution in [3.05, 3.63) is 46.7 Å². The van der Waals surface area contributed by atoms with Crippen molar-refractivity contribution >= 4 is 21.6 Å². The highest BCUT2D eigenvalue weighted by Crippen LogP contribution is 2.12. The Morgan fingerprint density at radius 1 is 1.44 bits per heavy atom. The number of hydrogen-bond donors (Lipinski definition) is 1. The lowest BCUT2D eigenvalue weighted by atomic mass is 10.2. The zero-order valence-electron chi connectivity index (χ0n) is 10.4. The van der Waals surface area contributed by atoms with Crippen LogP contribution < -0.4 is 5.73 Å². The van der Waals surface area contributed by atoms with E-state index in [9.17, 15) is 0 Å². The maximum Gasteiger partial charge on any atom is 0.0719 e. The predicted octanol–water partition coefficient (Wildman–Crippen LogP) is 2.36. The van der Waals surface area contributed by atoms with E-state index in [0.29, 0.717) is 5.69 Å². The van der Waals surface area contributed by atoms with Crippen LogP contribution in [-0.2, 0) is 13.1 Å². The molecule has 1 heterocycles. The van der Waals surface area contributed by atoms with Gasteiger partial charge in [-0.1, -0.05) is 28.1 Å². The van der Waals surface area contributed by atoms with Gasteiger partial charge in [0.25, 0.3) is 0 Å². The fourth-order valence-corrected chi connectivity index (χ4v) is 2.25. The molecule has 96 valence electrons. The molecule has 0 atom stereocenters. The van der Waals surface area contributed by atoms with Crippen LogP contribution in [0.3, 0.4) is 0 Å². The van der Waals surface area contributed by atoms with Crippen LogP contribution in [0.25, 0.3) is 0 Å². The maximum atomic E-state index is 5.62. The standard InChI is InChI=1S/C13H17BrN4/c1-17(5-6-18-10-13(15)8-16-18)9-11-3-2-4-12(14)7-11/h2-4,7-8,10H,5-6,9,15H2,1H3. The fourth-order valence-electron chi connectivity index (χ4n) is 1.80. The summed E-state index contributed by atoms with van der Waals surface area (Å²) in [7, 11) is 2.10. The van der Waals surface area contributed by atoms with Gasteiger partial charge in [-0.15, -0.1) is 0 Å². The number of nitrogens with two attached hydrogens (primary N) is 1. The molecule has 0 aliphatic rings. The van der Waals surface area contributed by atoms with E-state index in [1.807, 2.05) is 16.9 Å². The minimum Gasteiger partial charge on any atom is -0.396 e. The number of aromatic nitrogens is 2. The van der Waals surface area contributed by atoms with Crippen LogP contribution in [0, 0.1) is 0 Å². The Labute approximate surface area is 116 Å². The molecule has 18 heavy (non-hydrogen) atoms. The molecular weight excluding hydrogens is 292 g/mol. The topological polar surface area (TPSA) is 47.1 Å². The summed E-state index contributed by atoms with van der Waals surface area (Å²) < 4.78 is 2.99. The molecule has 0 bridgehead atoms. The zero-order valence-corrected chi connectivity index (χ0v) is 12.0. The Balaban J connectivity index is 1.83. The summed E-state index contributed by atoms with van der Waals surface area (Å²) in [6.07, 6.45) is 3.53. The van der Waals surface area contributed by atoms with Gasteiger partial charge in [-0.3, -0.25) is 4.68 Å². The van der Waals surface area contributed by atoms with Crippen LogP contribution in [0.5, 0.6) is 0 Å². The average molecular weight is 309 g/mol. The molecule has 0 unspecified atom stereocenters. The van der Waals surface area contributed by atoms with Crippen molar-refractivity contribution < 1.29 is 0 Å². The van der Waals surface area contributed by atoms with Gasteiger partial charge >= 0.3 is 0 Å². The van der Waals surface area contributed by atoms with E-state index in [0.717, 1.165) is 24.1 Å². The van der Waals surface area contributed by atoms with Crippen LogP contribution in [0.15, 0.2) is 41.1 Å². The van der Waals surface area contributed by atoms with Crippen LogP contribution in [-0.4, -0.2) is 28.3 Å². The highest BCUT2D eigenvalue weighted by molar-refractivity contribution is 9.10. The van der Waals surface area contributed by atoms with Crippen molar-refractivity contribution in [2.45, 2.75) is 13.1 Å². The van der Waals surface area contributed by atoms with Crippen molar-refractivity contribution in [3.63, 3.8) is 0 Å². The summed E-state index contributed by atoms with van der Waals surface area (Å²) in [5, 5.41) is 4.17. The number of halogens is 1. The van der Waals surface area contributed by atoms with Gasteiger partial charge in [0.05, 0.1) is 18.4 Å². The second-order valence-electron chi connectivity index (χ2n) is 4.40. The van der Waals surface area contributed by atoms with Gasteiger partial charge in [0.1, 0.15) is 0 Å². The van der Waals surface area contributed by atoms with E-state index in [1.165, 1.54) is 5.56 Å². The first-order valence-electron chi connectivity index (χ1n) is 5.84. The first-order chi connectivity index (χ1) is 8.63.